The minimum atomic E-state index is -0.0175. The third kappa shape index (κ3) is 2.79. The summed E-state index contributed by atoms with van der Waals surface area (Å²) in [6, 6.07) is 5.36. The minimum absolute atomic E-state index is 0.0175. The van der Waals surface area contributed by atoms with Crippen molar-refractivity contribution in [2.45, 2.75) is 25.8 Å². The molecule has 0 saturated carbocycles. The number of hydrogen-bond donors (Lipinski definition) is 0. The zero-order valence-electron chi connectivity index (χ0n) is 14.3. The first-order chi connectivity index (χ1) is 12.0. The summed E-state index contributed by atoms with van der Waals surface area (Å²) in [7, 11) is 1.55. The maximum Gasteiger partial charge on any atom is 0.251 e. The van der Waals surface area contributed by atoms with Crippen molar-refractivity contribution < 1.29 is 9.53 Å². The number of carbonyl (C=O) groups is 1. The van der Waals surface area contributed by atoms with Crippen LogP contribution in [0.15, 0.2) is 29.3 Å². The van der Waals surface area contributed by atoms with E-state index in [0.29, 0.717) is 30.6 Å². The molecule has 2 aromatic heterocycles. The van der Waals surface area contributed by atoms with Gasteiger partial charge >= 0.3 is 0 Å². The van der Waals surface area contributed by atoms with E-state index in [4.69, 9.17) is 4.74 Å². The van der Waals surface area contributed by atoms with Crippen molar-refractivity contribution in [1.82, 2.24) is 19.4 Å². The summed E-state index contributed by atoms with van der Waals surface area (Å²) in [5.41, 5.74) is 2.39. The van der Waals surface area contributed by atoms with Gasteiger partial charge in [0.1, 0.15) is 6.33 Å². The first-order valence-corrected chi connectivity index (χ1v) is 8.42. The Hall–Kier alpha value is -2.70. The molecular formula is C18H20N4O3. The second-order valence-corrected chi connectivity index (χ2v) is 6.79. The van der Waals surface area contributed by atoms with E-state index in [1.165, 1.54) is 6.33 Å². The van der Waals surface area contributed by atoms with Crippen LogP contribution in [0, 0.1) is 5.92 Å². The van der Waals surface area contributed by atoms with Gasteiger partial charge in [0.2, 0.25) is 11.8 Å². The SMILES string of the molecule is COc1cc(-c2cc3n(c(=O)c2)C[C@H]2C[C@@H]3CN(C(C)=O)C2)ncn1. The van der Waals surface area contributed by atoms with Gasteiger partial charge in [-0.2, -0.15) is 0 Å². The number of fused-ring (bicyclic) bond motifs is 4. The van der Waals surface area contributed by atoms with Crippen molar-refractivity contribution in [3.8, 4) is 17.1 Å². The minimum Gasteiger partial charge on any atom is -0.481 e. The van der Waals surface area contributed by atoms with Crippen LogP contribution in [0.3, 0.4) is 0 Å². The second-order valence-electron chi connectivity index (χ2n) is 6.79. The summed E-state index contributed by atoms with van der Waals surface area (Å²) >= 11 is 0. The summed E-state index contributed by atoms with van der Waals surface area (Å²) < 4.78 is 7.01. The normalized spacial score (nSPS) is 21.6. The molecule has 0 aliphatic carbocycles. The van der Waals surface area contributed by atoms with Gasteiger partial charge in [-0.15, -0.1) is 0 Å². The van der Waals surface area contributed by atoms with Gasteiger partial charge in [0.25, 0.3) is 5.56 Å². The molecule has 0 unspecified atom stereocenters. The Morgan fingerprint density at radius 2 is 2.04 bits per heavy atom. The fourth-order valence-electron chi connectivity index (χ4n) is 3.97. The van der Waals surface area contributed by atoms with E-state index in [9.17, 15) is 9.59 Å². The predicted molar refractivity (Wildman–Crippen MR) is 91.4 cm³/mol. The van der Waals surface area contributed by atoms with Crippen molar-refractivity contribution in [1.29, 1.82) is 0 Å². The number of nitrogens with zero attached hydrogens (tertiary/aromatic N) is 4. The smallest absolute Gasteiger partial charge is 0.251 e. The van der Waals surface area contributed by atoms with Crippen LogP contribution in [0.1, 0.15) is 25.0 Å². The Kier molecular flexibility index (Phi) is 3.78. The fraction of sp³-hybridized carbons (Fsp3) is 0.444. The maximum absolute atomic E-state index is 12.7. The van der Waals surface area contributed by atoms with E-state index in [-0.39, 0.29) is 17.4 Å². The van der Waals surface area contributed by atoms with E-state index in [1.807, 2.05) is 15.5 Å². The summed E-state index contributed by atoms with van der Waals surface area (Å²) in [5, 5.41) is 0. The quantitative estimate of drug-likeness (QED) is 0.823. The van der Waals surface area contributed by atoms with Gasteiger partial charge in [0, 0.05) is 55.9 Å². The van der Waals surface area contributed by atoms with Gasteiger partial charge in [-0.1, -0.05) is 0 Å². The van der Waals surface area contributed by atoms with Crippen LogP contribution in [0.2, 0.25) is 0 Å². The lowest BCUT2D eigenvalue weighted by Gasteiger charge is -2.42. The second kappa shape index (κ2) is 5.98. The lowest BCUT2D eigenvalue weighted by Crippen LogP contribution is -2.48. The molecule has 2 atom stereocenters. The molecule has 2 bridgehead atoms. The van der Waals surface area contributed by atoms with Gasteiger partial charge in [-0.3, -0.25) is 9.59 Å². The van der Waals surface area contributed by atoms with Crippen molar-refractivity contribution >= 4 is 5.91 Å². The molecule has 25 heavy (non-hydrogen) atoms. The number of rotatable bonds is 2. The lowest BCUT2D eigenvalue weighted by atomic mass is 9.82. The number of methoxy groups -OCH3 is 1. The molecular weight excluding hydrogens is 320 g/mol. The molecule has 1 amide bonds. The van der Waals surface area contributed by atoms with E-state index in [2.05, 4.69) is 9.97 Å². The zero-order chi connectivity index (χ0) is 17.6. The number of likely N-dealkylation sites (tertiary alicyclic amines) is 1. The monoisotopic (exact) mass is 340 g/mol. The van der Waals surface area contributed by atoms with Crippen LogP contribution < -0.4 is 10.3 Å². The summed E-state index contributed by atoms with van der Waals surface area (Å²) in [5.74, 6) is 1.09. The number of amides is 1. The average molecular weight is 340 g/mol. The highest BCUT2D eigenvalue weighted by atomic mass is 16.5. The largest absolute Gasteiger partial charge is 0.481 e. The molecule has 7 heteroatoms. The number of piperidine rings is 1. The molecule has 0 radical (unpaired) electrons. The summed E-state index contributed by atoms with van der Waals surface area (Å²) in [4.78, 5) is 34.6. The Bertz CT molecular complexity index is 892. The van der Waals surface area contributed by atoms with E-state index in [1.54, 1.807) is 26.2 Å². The highest BCUT2D eigenvalue weighted by Crippen LogP contribution is 2.36. The van der Waals surface area contributed by atoms with Crippen LogP contribution in [-0.2, 0) is 11.3 Å². The van der Waals surface area contributed by atoms with Crippen LogP contribution in [0.25, 0.3) is 11.3 Å². The molecule has 0 spiro atoms. The topological polar surface area (TPSA) is 77.3 Å². The van der Waals surface area contributed by atoms with Gasteiger partial charge in [-0.05, 0) is 18.4 Å². The van der Waals surface area contributed by atoms with E-state index < -0.39 is 0 Å². The number of aromatic nitrogens is 3. The molecule has 0 aromatic carbocycles. The number of pyridine rings is 1. The first-order valence-electron chi connectivity index (χ1n) is 8.42. The van der Waals surface area contributed by atoms with Crippen molar-refractivity contribution in [3.05, 3.63) is 40.6 Å². The molecule has 1 saturated heterocycles. The summed E-state index contributed by atoms with van der Waals surface area (Å²) in [6.45, 7) is 3.68. The van der Waals surface area contributed by atoms with Crippen LogP contribution in [0.4, 0.5) is 0 Å². The van der Waals surface area contributed by atoms with Crippen molar-refractivity contribution in [3.63, 3.8) is 0 Å². The average Bonchev–Trinajstić information content (AvgIpc) is 2.62. The molecule has 2 aliphatic heterocycles. The summed E-state index contributed by atoms with van der Waals surface area (Å²) in [6.07, 6.45) is 2.44. The van der Waals surface area contributed by atoms with Gasteiger partial charge < -0.3 is 14.2 Å². The first kappa shape index (κ1) is 15.8. The third-order valence-electron chi connectivity index (χ3n) is 5.15. The molecule has 2 aromatic rings. The Labute approximate surface area is 145 Å². The van der Waals surface area contributed by atoms with Crippen LogP contribution in [-0.4, -0.2) is 45.5 Å². The molecule has 2 aliphatic rings. The van der Waals surface area contributed by atoms with Crippen molar-refractivity contribution in [2.75, 3.05) is 20.2 Å². The molecule has 130 valence electrons. The predicted octanol–water partition coefficient (Wildman–Crippen LogP) is 1.28. The molecule has 1 fully saturated rings. The third-order valence-corrected chi connectivity index (χ3v) is 5.15. The van der Waals surface area contributed by atoms with E-state index in [0.717, 1.165) is 24.2 Å². The highest BCUT2D eigenvalue weighted by molar-refractivity contribution is 5.73. The van der Waals surface area contributed by atoms with E-state index >= 15 is 0 Å². The van der Waals surface area contributed by atoms with Crippen LogP contribution in [0.5, 0.6) is 5.88 Å². The maximum atomic E-state index is 12.7. The fourth-order valence-corrected chi connectivity index (χ4v) is 3.97. The molecule has 4 rings (SSSR count). The van der Waals surface area contributed by atoms with Crippen LogP contribution >= 0.6 is 0 Å². The Balaban J connectivity index is 1.77. The van der Waals surface area contributed by atoms with Gasteiger partial charge in [0.15, 0.2) is 0 Å². The molecule has 7 nitrogen and oxygen atoms in total. The van der Waals surface area contributed by atoms with Gasteiger partial charge in [0.05, 0.1) is 12.8 Å². The molecule has 0 N–H and O–H groups in total. The lowest BCUT2D eigenvalue weighted by molar-refractivity contribution is -0.131. The standard InChI is InChI=1S/C18H20N4O3/c1-11(23)21-7-12-3-14(9-21)16-4-13(5-18(24)22(16)8-12)15-6-17(25-2)20-10-19-15/h4-6,10,12,14H,3,7-9H2,1-2H3/t12-,14+/m0/s1. The Morgan fingerprint density at radius 3 is 2.80 bits per heavy atom. The van der Waals surface area contributed by atoms with Gasteiger partial charge in [-0.25, -0.2) is 9.97 Å². The number of hydrogen-bond acceptors (Lipinski definition) is 5. The van der Waals surface area contributed by atoms with Crippen molar-refractivity contribution in [2.24, 2.45) is 5.92 Å². The number of carbonyl (C=O) groups excluding carboxylic acids is 1. The zero-order valence-corrected chi connectivity index (χ0v) is 14.3. The molecule has 4 heterocycles. The number of ether oxygens (including phenoxy) is 1. The Morgan fingerprint density at radius 1 is 1.20 bits per heavy atom. The highest BCUT2D eigenvalue weighted by Gasteiger charge is 2.35.